The van der Waals surface area contributed by atoms with Crippen LogP contribution in [-0.4, -0.2) is 24.4 Å². The summed E-state index contributed by atoms with van der Waals surface area (Å²) in [4.78, 5) is 36.8. The zero-order valence-electron chi connectivity index (χ0n) is 14.7. The first-order chi connectivity index (χ1) is 13.0. The molecule has 1 aliphatic rings. The molecule has 7 heteroatoms. The molecule has 1 aromatic heterocycles. The van der Waals surface area contributed by atoms with Crippen molar-refractivity contribution < 1.29 is 19.1 Å². The quantitative estimate of drug-likeness (QED) is 0.591. The highest BCUT2D eigenvalue weighted by Gasteiger charge is 2.25. The number of hydrogen-bond acceptors (Lipinski definition) is 5. The van der Waals surface area contributed by atoms with Crippen LogP contribution in [0.5, 0.6) is 0 Å². The van der Waals surface area contributed by atoms with Crippen LogP contribution < -0.4 is 11.1 Å². The topological polar surface area (TPSA) is 98.5 Å². The number of primary amides is 1. The predicted octanol–water partition coefficient (Wildman–Crippen LogP) is 2.92. The highest BCUT2D eigenvalue weighted by atomic mass is 32.1. The first-order valence-electron chi connectivity index (χ1n) is 8.68. The molecular weight excluding hydrogens is 364 g/mol. The van der Waals surface area contributed by atoms with Crippen LogP contribution in [0.25, 0.3) is 6.08 Å². The van der Waals surface area contributed by atoms with Crippen molar-refractivity contribution in [1.82, 2.24) is 0 Å². The van der Waals surface area contributed by atoms with Crippen LogP contribution in [0, 0.1) is 0 Å². The predicted molar refractivity (Wildman–Crippen MR) is 105 cm³/mol. The number of carbonyl (C=O) groups excluding carboxylic acids is 3. The van der Waals surface area contributed by atoms with Gasteiger partial charge in [0.1, 0.15) is 5.00 Å². The third-order valence-electron chi connectivity index (χ3n) is 4.23. The molecule has 2 aromatic rings. The standard InChI is InChI=1S/C20H20N2O4S/c21-19(25)18-14-8-4-5-9-15(14)27-20(18)22-16(23)12-26-17(24)11-10-13-6-2-1-3-7-13/h1-3,6-7,10-11H,4-5,8-9,12H2,(H2,21,25)(H,22,23)/b11-10+. The van der Waals surface area contributed by atoms with Crippen LogP contribution in [0.1, 0.15) is 39.2 Å². The highest BCUT2D eigenvalue weighted by Crippen LogP contribution is 2.37. The van der Waals surface area contributed by atoms with Crippen molar-refractivity contribution in [2.24, 2.45) is 5.73 Å². The van der Waals surface area contributed by atoms with Gasteiger partial charge < -0.3 is 15.8 Å². The summed E-state index contributed by atoms with van der Waals surface area (Å²) in [5.41, 5.74) is 7.68. The first kappa shape index (κ1) is 18.8. The number of aryl methyl sites for hydroxylation is 1. The maximum atomic E-state index is 12.1. The van der Waals surface area contributed by atoms with E-state index in [2.05, 4.69) is 5.32 Å². The molecule has 0 radical (unpaired) electrons. The lowest BCUT2D eigenvalue weighted by Gasteiger charge is -2.11. The molecule has 0 unspecified atom stereocenters. The number of nitrogens with two attached hydrogens (primary N) is 1. The molecular formula is C20H20N2O4S. The van der Waals surface area contributed by atoms with Gasteiger partial charge in [0.05, 0.1) is 5.56 Å². The van der Waals surface area contributed by atoms with Gasteiger partial charge in [-0.25, -0.2) is 4.79 Å². The second-order valence-corrected chi connectivity index (χ2v) is 7.28. The third kappa shape index (κ3) is 4.83. The molecule has 1 heterocycles. The van der Waals surface area contributed by atoms with Gasteiger partial charge in [0.15, 0.2) is 6.61 Å². The normalized spacial score (nSPS) is 13.2. The molecule has 0 fully saturated rings. The minimum Gasteiger partial charge on any atom is -0.452 e. The molecule has 1 aliphatic carbocycles. The average molecular weight is 384 g/mol. The number of nitrogens with one attached hydrogen (secondary N) is 1. The van der Waals surface area contributed by atoms with Crippen molar-refractivity contribution in [3.63, 3.8) is 0 Å². The van der Waals surface area contributed by atoms with E-state index in [0.717, 1.165) is 41.7 Å². The van der Waals surface area contributed by atoms with Crippen LogP contribution in [0.4, 0.5) is 5.00 Å². The Labute approximate surface area is 161 Å². The number of fused-ring (bicyclic) bond motifs is 1. The van der Waals surface area contributed by atoms with E-state index in [4.69, 9.17) is 10.5 Å². The molecule has 3 N–H and O–H groups in total. The van der Waals surface area contributed by atoms with E-state index in [-0.39, 0.29) is 0 Å². The summed E-state index contributed by atoms with van der Waals surface area (Å²) >= 11 is 1.37. The molecule has 0 bridgehead atoms. The maximum absolute atomic E-state index is 12.1. The fourth-order valence-electron chi connectivity index (χ4n) is 2.99. The molecule has 0 saturated heterocycles. The molecule has 0 spiro atoms. The van der Waals surface area contributed by atoms with E-state index in [1.807, 2.05) is 30.3 Å². The number of ether oxygens (including phenoxy) is 1. The number of anilines is 1. The van der Waals surface area contributed by atoms with E-state index in [1.165, 1.54) is 17.4 Å². The summed E-state index contributed by atoms with van der Waals surface area (Å²) in [5.74, 6) is -1.67. The largest absolute Gasteiger partial charge is 0.452 e. The number of carbonyl (C=O) groups is 3. The number of thiophene rings is 1. The van der Waals surface area contributed by atoms with Crippen molar-refractivity contribution in [3.8, 4) is 0 Å². The van der Waals surface area contributed by atoms with Crippen molar-refractivity contribution in [1.29, 1.82) is 0 Å². The van der Waals surface area contributed by atoms with Gasteiger partial charge in [-0.15, -0.1) is 11.3 Å². The lowest BCUT2D eigenvalue weighted by molar-refractivity contribution is -0.142. The smallest absolute Gasteiger partial charge is 0.331 e. The van der Waals surface area contributed by atoms with Crippen LogP contribution >= 0.6 is 11.3 Å². The van der Waals surface area contributed by atoms with Crippen molar-refractivity contribution >= 4 is 40.2 Å². The van der Waals surface area contributed by atoms with Crippen LogP contribution in [0.2, 0.25) is 0 Å². The van der Waals surface area contributed by atoms with Gasteiger partial charge in [0.2, 0.25) is 0 Å². The second kappa shape index (κ2) is 8.64. The Morgan fingerprint density at radius 2 is 1.89 bits per heavy atom. The summed E-state index contributed by atoms with van der Waals surface area (Å²) in [6.45, 7) is -0.432. The molecule has 3 rings (SSSR count). The van der Waals surface area contributed by atoms with Crippen LogP contribution in [-0.2, 0) is 27.2 Å². The summed E-state index contributed by atoms with van der Waals surface area (Å²) in [6.07, 6.45) is 6.61. The Bertz CT molecular complexity index is 887. The minimum atomic E-state index is -0.616. The lowest BCUT2D eigenvalue weighted by atomic mass is 9.95. The molecule has 2 amide bonds. The number of hydrogen-bond donors (Lipinski definition) is 2. The van der Waals surface area contributed by atoms with Gasteiger partial charge in [0, 0.05) is 11.0 Å². The van der Waals surface area contributed by atoms with E-state index in [9.17, 15) is 14.4 Å². The average Bonchev–Trinajstić information content (AvgIpc) is 3.03. The zero-order valence-corrected chi connectivity index (χ0v) is 15.5. The van der Waals surface area contributed by atoms with Crippen molar-refractivity contribution in [3.05, 3.63) is 58.0 Å². The lowest BCUT2D eigenvalue weighted by Crippen LogP contribution is -2.22. The fourth-order valence-corrected chi connectivity index (χ4v) is 4.30. The third-order valence-corrected chi connectivity index (χ3v) is 5.43. The Morgan fingerprint density at radius 1 is 1.15 bits per heavy atom. The molecule has 1 aromatic carbocycles. The summed E-state index contributed by atoms with van der Waals surface area (Å²) < 4.78 is 4.95. The minimum absolute atomic E-state index is 0.387. The summed E-state index contributed by atoms with van der Waals surface area (Å²) in [7, 11) is 0. The maximum Gasteiger partial charge on any atom is 0.331 e. The Kier molecular flexibility index (Phi) is 6.03. The van der Waals surface area contributed by atoms with Crippen LogP contribution in [0.3, 0.4) is 0 Å². The number of esters is 1. The number of rotatable bonds is 6. The highest BCUT2D eigenvalue weighted by molar-refractivity contribution is 7.17. The van der Waals surface area contributed by atoms with Gasteiger partial charge in [-0.2, -0.15) is 0 Å². The molecule has 140 valence electrons. The second-order valence-electron chi connectivity index (χ2n) is 6.18. The zero-order chi connectivity index (χ0) is 19.2. The SMILES string of the molecule is NC(=O)c1c(NC(=O)COC(=O)/C=C/c2ccccc2)sc2c1CCCC2. The van der Waals surface area contributed by atoms with Gasteiger partial charge >= 0.3 is 5.97 Å². The van der Waals surface area contributed by atoms with E-state index in [0.29, 0.717) is 10.6 Å². The van der Waals surface area contributed by atoms with Gasteiger partial charge in [-0.1, -0.05) is 30.3 Å². The molecule has 6 nitrogen and oxygen atoms in total. The molecule has 0 atom stereocenters. The van der Waals surface area contributed by atoms with E-state index >= 15 is 0 Å². The van der Waals surface area contributed by atoms with Gasteiger partial charge in [-0.05, 0) is 42.9 Å². The van der Waals surface area contributed by atoms with Crippen molar-refractivity contribution in [2.45, 2.75) is 25.7 Å². The Morgan fingerprint density at radius 3 is 2.63 bits per heavy atom. The van der Waals surface area contributed by atoms with E-state index < -0.39 is 24.4 Å². The van der Waals surface area contributed by atoms with Gasteiger partial charge in [0.25, 0.3) is 11.8 Å². The summed E-state index contributed by atoms with van der Waals surface area (Å²) in [5, 5.41) is 3.10. The molecule has 0 saturated carbocycles. The Balaban J connectivity index is 1.58. The van der Waals surface area contributed by atoms with Gasteiger partial charge in [-0.3, -0.25) is 9.59 Å². The van der Waals surface area contributed by atoms with Crippen molar-refractivity contribution in [2.75, 3.05) is 11.9 Å². The Hall–Kier alpha value is -2.93. The summed E-state index contributed by atoms with van der Waals surface area (Å²) in [6, 6.07) is 9.29. The molecule has 0 aliphatic heterocycles. The monoisotopic (exact) mass is 384 g/mol. The fraction of sp³-hybridized carbons (Fsp3) is 0.250. The number of amides is 2. The number of benzene rings is 1. The first-order valence-corrected chi connectivity index (χ1v) is 9.50. The molecule has 27 heavy (non-hydrogen) atoms. The van der Waals surface area contributed by atoms with Crippen LogP contribution in [0.15, 0.2) is 36.4 Å². The van der Waals surface area contributed by atoms with E-state index in [1.54, 1.807) is 6.08 Å².